The van der Waals surface area contributed by atoms with E-state index < -0.39 is 6.10 Å². The SMILES string of the molecule is O=C(C1CN(Cc2ccccc2)CCO1)N1CCc2cc3c(cc2C1)OCCCO3. The molecular formula is C24H28N2O4. The van der Waals surface area contributed by atoms with E-state index in [-0.39, 0.29) is 5.91 Å². The van der Waals surface area contributed by atoms with Crippen LogP contribution in [0.4, 0.5) is 0 Å². The van der Waals surface area contributed by atoms with Gasteiger partial charge in [-0.15, -0.1) is 0 Å². The van der Waals surface area contributed by atoms with Crippen LogP contribution in [0.3, 0.4) is 0 Å². The predicted octanol–water partition coefficient (Wildman–Crippen LogP) is 2.63. The van der Waals surface area contributed by atoms with Gasteiger partial charge in [-0.25, -0.2) is 0 Å². The Morgan fingerprint density at radius 2 is 1.73 bits per heavy atom. The zero-order chi connectivity index (χ0) is 20.3. The minimum atomic E-state index is -0.399. The Hall–Kier alpha value is -2.57. The number of carbonyl (C=O) groups is 1. The van der Waals surface area contributed by atoms with E-state index in [9.17, 15) is 4.79 Å². The maximum atomic E-state index is 13.2. The average Bonchev–Trinajstić information content (AvgIpc) is 3.02. The van der Waals surface area contributed by atoms with Crippen LogP contribution < -0.4 is 9.47 Å². The second-order valence-corrected chi connectivity index (χ2v) is 8.21. The highest BCUT2D eigenvalue weighted by Crippen LogP contribution is 2.35. The molecule has 0 bridgehead atoms. The van der Waals surface area contributed by atoms with E-state index in [2.05, 4.69) is 41.3 Å². The fourth-order valence-electron chi connectivity index (χ4n) is 4.44. The van der Waals surface area contributed by atoms with Gasteiger partial charge in [0.1, 0.15) is 6.10 Å². The molecule has 0 saturated carbocycles. The summed E-state index contributed by atoms with van der Waals surface area (Å²) >= 11 is 0. The lowest BCUT2D eigenvalue weighted by Crippen LogP contribution is -2.51. The standard InChI is InChI=1S/C24H28N2O4/c27-24(23-17-25(9-12-30-23)15-18-5-2-1-3-6-18)26-8-7-19-13-21-22(14-20(19)16-26)29-11-4-10-28-21/h1-3,5-6,13-14,23H,4,7-12,15-17H2. The van der Waals surface area contributed by atoms with E-state index in [4.69, 9.17) is 14.2 Å². The molecule has 0 spiro atoms. The monoisotopic (exact) mass is 408 g/mol. The van der Waals surface area contributed by atoms with Gasteiger partial charge >= 0.3 is 0 Å². The molecule has 6 nitrogen and oxygen atoms in total. The number of rotatable bonds is 3. The number of hydrogen-bond acceptors (Lipinski definition) is 5. The van der Waals surface area contributed by atoms with Crippen LogP contribution in [0.1, 0.15) is 23.1 Å². The van der Waals surface area contributed by atoms with Gasteiger partial charge in [-0.1, -0.05) is 30.3 Å². The van der Waals surface area contributed by atoms with Crippen molar-refractivity contribution in [1.29, 1.82) is 0 Å². The third-order valence-corrected chi connectivity index (χ3v) is 6.07. The van der Waals surface area contributed by atoms with Gasteiger partial charge in [-0.3, -0.25) is 9.69 Å². The molecule has 0 radical (unpaired) electrons. The molecule has 1 unspecified atom stereocenters. The molecule has 158 valence electrons. The molecule has 1 atom stereocenters. The third-order valence-electron chi connectivity index (χ3n) is 6.07. The molecular weight excluding hydrogens is 380 g/mol. The highest BCUT2D eigenvalue weighted by Gasteiger charge is 2.32. The van der Waals surface area contributed by atoms with Gasteiger partial charge in [-0.2, -0.15) is 0 Å². The fourth-order valence-corrected chi connectivity index (χ4v) is 4.44. The molecule has 3 aliphatic rings. The Labute approximate surface area is 177 Å². The Balaban J connectivity index is 1.25. The molecule has 1 fully saturated rings. The molecule has 5 rings (SSSR count). The lowest BCUT2D eigenvalue weighted by molar-refractivity contribution is -0.150. The third kappa shape index (κ3) is 4.16. The molecule has 3 aliphatic heterocycles. The first-order valence-electron chi connectivity index (χ1n) is 10.8. The summed E-state index contributed by atoms with van der Waals surface area (Å²) in [7, 11) is 0. The van der Waals surface area contributed by atoms with Gasteiger partial charge in [0.2, 0.25) is 0 Å². The molecule has 6 heteroatoms. The zero-order valence-corrected chi connectivity index (χ0v) is 17.2. The van der Waals surface area contributed by atoms with Crippen LogP contribution in [-0.4, -0.2) is 61.3 Å². The largest absolute Gasteiger partial charge is 0.490 e. The number of fused-ring (bicyclic) bond motifs is 2. The minimum absolute atomic E-state index is 0.0884. The van der Waals surface area contributed by atoms with E-state index >= 15 is 0 Å². The number of amides is 1. The number of morpholine rings is 1. The van der Waals surface area contributed by atoms with Gasteiger partial charge in [0.15, 0.2) is 11.5 Å². The van der Waals surface area contributed by atoms with Gasteiger partial charge in [0.25, 0.3) is 5.91 Å². The van der Waals surface area contributed by atoms with Crippen LogP contribution in [0.25, 0.3) is 0 Å². The molecule has 30 heavy (non-hydrogen) atoms. The van der Waals surface area contributed by atoms with Crippen molar-refractivity contribution >= 4 is 5.91 Å². The summed E-state index contributed by atoms with van der Waals surface area (Å²) in [6.45, 7) is 5.60. The van der Waals surface area contributed by atoms with Crippen molar-refractivity contribution in [1.82, 2.24) is 9.80 Å². The van der Waals surface area contributed by atoms with Crippen LogP contribution in [0, 0.1) is 0 Å². The van der Waals surface area contributed by atoms with Crippen LogP contribution >= 0.6 is 0 Å². The molecule has 0 aromatic heterocycles. The Bertz CT molecular complexity index is 902. The van der Waals surface area contributed by atoms with Crippen LogP contribution in [0.15, 0.2) is 42.5 Å². The first-order valence-corrected chi connectivity index (χ1v) is 10.8. The predicted molar refractivity (Wildman–Crippen MR) is 113 cm³/mol. The summed E-state index contributed by atoms with van der Waals surface area (Å²) in [4.78, 5) is 17.5. The molecule has 1 amide bonds. The summed E-state index contributed by atoms with van der Waals surface area (Å²) in [5, 5.41) is 0. The molecule has 1 saturated heterocycles. The van der Waals surface area contributed by atoms with Gasteiger partial charge in [0.05, 0.1) is 19.8 Å². The van der Waals surface area contributed by atoms with E-state index in [1.165, 1.54) is 11.1 Å². The van der Waals surface area contributed by atoms with Crippen molar-refractivity contribution in [2.45, 2.75) is 32.0 Å². The molecule has 0 N–H and O–H groups in total. The molecule has 2 aromatic rings. The van der Waals surface area contributed by atoms with Crippen LogP contribution in [-0.2, 0) is 29.0 Å². The average molecular weight is 408 g/mol. The first-order chi connectivity index (χ1) is 14.8. The van der Waals surface area contributed by atoms with Crippen molar-refractivity contribution in [3.05, 3.63) is 59.2 Å². The maximum Gasteiger partial charge on any atom is 0.253 e. The number of carbonyl (C=O) groups excluding carboxylic acids is 1. The van der Waals surface area contributed by atoms with Crippen molar-refractivity contribution in [2.75, 3.05) is 39.5 Å². The van der Waals surface area contributed by atoms with E-state index in [1.807, 2.05) is 11.0 Å². The van der Waals surface area contributed by atoms with Gasteiger partial charge in [0, 0.05) is 39.1 Å². The summed E-state index contributed by atoms with van der Waals surface area (Å²) in [5.74, 6) is 1.72. The van der Waals surface area contributed by atoms with Gasteiger partial charge in [-0.05, 0) is 35.2 Å². The highest BCUT2D eigenvalue weighted by molar-refractivity contribution is 5.81. The fraction of sp³-hybridized carbons (Fsp3) is 0.458. The van der Waals surface area contributed by atoms with Crippen LogP contribution in [0.2, 0.25) is 0 Å². The van der Waals surface area contributed by atoms with Crippen molar-refractivity contribution in [2.24, 2.45) is 0 Å². The lowest BCUT2D eigenvalue weighted by Gasteiger charge is -2.36. The van der Waals surface area contributed by atoms with E-state index in [0.717, 1.165) is 43.0 Å². The van der Waals surface area contributed by atoms with E-state index in [1.54, 1.807) is 0 Å². The smallest absolute Gasteiger partial charge is 0.253 e. The second-order valence-electron chi connectivity index (χ2n) is 8.21. The summed E-state index contributed by atoms with van der Waals surface area (Å²) in [5.41, 5.74) is 3.66. The summed E-state index contributed by atoms with van der Waals surface area (Å²) < 4.78 is 17.5. The second kappa shape index (κ2) is 8.66. The van der Waals surface area contributed by atoms with Crippen molar-refractivity contribution in [3.8, 4) is 11.5 Å². The normalized spacial score (nSPS) is 21.6. The summed E-state index contributed by atoms with van der Waals surface area (Å²) in [6.07, 6.45) is 1.32. The first kappa shape index (κ1) is 19.4. The topological polar surface area (TPSA) is 51.2 Å². The van der Waals surface area contributed by atoms with Crippen molar-refractivity contribution < 1.29 is 19.0 Å². The maximum absolute atomic E-state index is 13.2. The number of ether oxygens (including phenoxy) is 3. The lowest BCUT2D eigenvalue weighted by atomic mass is 9.98. The number of hydrogen-bond donors (Lipinski definition) is 0. The Morgan fingerprint density at radius 3 is 2.53 bits per heavy atom. The zero-order valence-electron chi connectivity index (χ0n) is 17.2. The number of nitrogens with zero attached hydrogens (tertiary/aromatic N) is 2. The van der Waals surface area contributed by atoms with Crippen molar-refractivity contribution in [3.63, 3.8) is 0 Å². The molecule has 0 aliphatic carbocycles. The van der Waals surface area contributed by atoms with Gasteiger partial charge < -0.3 is 19.1 Å². The highest BCUT2D eigenvalue weighted by atomic mass is 16.5. The quantitative estimate of drug-likeness (QED) is 0.782. The number of benzene rings is 2. The van der Waals surface area contributed by atoms with E-state index in [0.29, 0.717) is 39.5 Å². The van der Waals surface area contributed by atoms with Crippen LogP contribution in [0.5, 0.6) is 11.5 Å². The Kier molecular flexibility index (Phi) is 5.60. The molecule has 2 aromatic carbocycles. The Morgan fingerprint density at radius 1 is 0.967 bits per heavy atom. The minimum Gasteiger partial charge on any atom is -0.490 e. The summed E-state index contributed by atoms with van der Waals surface area (Å²) in [6, 6.07) is 14.5. The molecule has 3 heterocycles.